The van der Waals surface area contributed by atoms with Gasteiger partial charge in [0.2, 0.25) is 0 Å². The zero-order chi connectivity index (χ0) is 8.48. The third-order valence-corrected chi connectivity index (χ3v) is 3.13. The Morgan fingerprint density at radius 1 is 1.00 bits per heavy atom. The second-order valence-electron chi connectivity index (χ2n) is 1.95. The molecule has 7 heteroatoms. The molecule has 0 spiro atoms. The Morgan fingerprint density at radius 3 is 1.77 bits per heavy atom. The van der Waals surface area contributed by atoms with Crippen molar-refractivity contribution >= 4 is 29.2 Å². The Labute approximate surface area is 171 Å². The van der Waals surface area contributed by atoms with E-state index in [1.165, 1.54) is 18.2 Å². The summed E-state index contributed by atoms with van der Waals surface area (Å²) < 4.78 is 0.313. The molecule has 1 rings (SSSR count). The zero-order valence-electron chi connectivity index (χ0n) is 7.36. The van der Waals surface area contributed by atoms with Gasteiger partial charge in [-0.05, 0) is 28.1 Å². The molecular formula is C6H4BrK2O3P. The molecule has 0 unspecified atom stereocenters. The average molecular weight is 313 g/mol. The standard InChI is InChI=1S/C6H6BrO3P.2K/c7-5-3-1-2-4-6(5)11(8,9)10;;/h1-4H,(H2,8,9,10);;/q;2*+1/p-2. The van der Waals surface area contributed by atoms with E-state index >= 15 is 0 Å². The molecule has 0 N–H and O–H groups in total. The van der Waals surface area contributed by atoms with Crippen molar-refractivity contribution in [3.63, 3.8) is 0 Å². The summed E-state index contributed by atoms with van der Waals surface area (Å²) in [6.45, 7) is 0. The predicted octanol–water partition coefficient (Wildman–Crippen LogP) is -7.07. The molecule has 0 aliphatic rings. The van der Waals surface area contributed by atoms with E-state index in [0.717, 1.165) is 0 Å². The number of benzene rings is 1. The van der Waals surface area contributed by atoms with Crippen LogP contribution in [0.5, 0.6) is 0 Å². The van der Waals surface area contributed by atoms with Gasteiger partial charge in [-0.15, -0.1) is 7.94 Å². The van der Waals surface area contributed by atoms with Crippen LogP contribution in [0.25, 0.3) is 0 Å². The molecule has 3 nitrogen and oxygen atoms in total. The minimum atomic E-state index is -4.60. The van der Waals surface area contributed by atoms with E-state index in [1.54, 1.807) is 6.07 Å². The topological polar surface area (TPSA) is 69.2 Å². The first kappa shape index (κ1) is 18.6. The van der Waals surface area contributed by atoms with Crippen LogP contribution < -0.4 is 123 Å². The summed E-state index contributed by atoms with van der Waals surface area (Å²) in [6.07, 6.45) is 0. The van der Waals surface area contributed by atoms with Crippen molar-refractivity contribution in [1.29, 1.82) is 0 Å². The van der Waals surface area contributed by atoms with Crippen molar-refractivity contribution < 1.29 is 117 Å². The number of rotatable bonds is 1. The SMILES string of the molecule is [K+].[K+].[O-][P+]([O-])([O-])c1ccccc1Br. The second-order valence-corrected chi connectivity index (χ2v) is 4.28. The van der Waals surface area contributed by atoms with Gasteiger partial charge < -0.3 is 14.7 Å². The Bertz CT molecular complexity index is 266. The van der Waals surface area contributed by atoms with E-state index in [2.05, 4.69) is 15.9 Å². The van der Waals surface area contributed by atoms with Crippen LogP contribution in [0.1, 0.15) is 0 Å². The van der Waals surface area contributed by atoms with Crippen LogP contribution in [0.2, 0.25) is 0 Å². The summed E-state index contributed by atoms with van der Waals surface area (Å²) in [5.41, 5.74) is 0. The Hall–Kier alpha value is 3.28. The van der Waals surface area contributed by atoms with E-state index in [1.807, 2.05) is 0 Å². The number of hydrogen-bond donors (Lipinski definition) is 0. The van der Waals surface area contributed by atoms with Gasteiger partial charge >= 0.3 is 103 Å². The Kier molecular flexibility index (Phi) is 12.0. The quantitative estimate of drug-likeness (QED) is 0.382. The van der Waals surface area contributed by atoms with Crippen LogP contribution in [0.15, 0.2) is 28.7 Å². The molecule has 0 radical (unpaired) electrons. The van der Waals surface area contributed by atoms with E-state index in [9.17, 15) is 14.7 Å². The van der Waals surface area contributed by atoms with E-state index in [-0.39, 0.29) is 108 Å². The van der Waals surface area contributed by atoms with Gasteiger partial charge in [0.25, 0.3) is 0 Å². The fraction of sp³-hybridized carbons (Fsp3) is 0. The van der Waals surface area contributed by atoms with Gasteiger partial charge in [0, 0.05) is 0 Å². The minimum absolute atomic E-state index is 0. The molecule has 0 saturated heterocycles. The van der Waals surface area contributed by atoms with Crippen molar-refractivity contribution in [2.75, 3.05) is 0 Å². The fourth-order valence-corrected chi connectivity index (χ4v) is 2.21. The Morgan fingerprint density at radius 2 is 1.46 bits per heavy atom. The van der Waals surface area contributed by atoms with Crippen molar-refractivity contribution in [3.05, 3.63) is 28.7 Å². The second kappa shape index (κ2) is 8.38. The maximum Gasteiger partial charge on any atom is 1.00 e. The third kappa shape index (κ3) is 6.55. The maximum absolute atomic E-state index is 10.5. The first-order chi connectivity index (χ1) is 5.02. The molecular weight excluding hydrogens is 309 g/mol. The fourth-order valence-electron chi connectivity index (χ4n) is 0.674. The van der Waals surface area contributed by atoms with Crippen LogP contribution in [0, 0.1) is 0 Å². The van der Waals surface area contributed by atoms with Crippen LogP contribution >= 0.6 is 23.9 Å². The van der Waals surface area contributed by atoms with E-state index < -0.39 is 7.94 Å². The van der Waals surface area contributed by atoms with Crippen molar-refractivity contribution in [2.45, 2.75) is 0 Å². The summed E-state index contributed by atoms with van der Waals surface area (Å²) in [6, 6.07) is 5.93. The third-order valence-electron chi connectivity index (χ3n) is 1.15. The number of hydrogen-bond acceptors (Lipinski definition) is 3. The van der Waals surface area contributed by atoms with Crippen LogP contribution in [-0.4, -0.2) is 0 Å². The Balaban J connectivity index is 0. The molecule has 0 bridgehead atoms. The maximum atomic E-state index is 10.5. The summed E-state index contributed by atoms with van der Waals surface area (Å²) in [7, 11) is -4.60. The smallest absolute Gasteiger partial charge is 0.683 e. The molecule has 0 amide bonds. The van der Waals surface area contributed by atoms with Gasteiger partial charge in [0.05, 0.1) is 9.78 Å². The van der Waals surface area contributed by atoms with Gasteiger partial charge in [-0.1, -0.05) is 12.1 Å². The summed E-state index contributed by atoms with van der Waals surface area (Å²) >= 11 is 2.96. The first-order valence-corrected chi connectivity index (χ1v) is 5.12. The van der Waals surface area contributed by atoms with Crippen molar-refractivity contribution in [1.82, 2.24) is 0 Å². The van der Waals surface area contributed by atoms with Crippen molar-refractivity contribution in [3.8, 4) is 0 Å². The molecule has 0 aliphatic carbocycles. The van der Waals surface area contributed by atoms with Crippen molar-refractivity contribution in [2.24, 2.45) is 0 Å². The van der Waals surface area contributed by atoms with Crippen LogP contribution in [0.4, 0.5) is 0 Å². The normalized spacial score (nSPS) is 9.85. The van der Waals surface area contributed by atoms with Gasteiger partial charge in [0.15, 0.2) is 0 Å². The molecule has 0 atom stereocenters. The molecule has 0 saturated carbocycles. The van der Waals surface area contributed by atoms with Gasteiger partial charge in [-0.2, -0.15) is 0 Å². The van der Waals surface area contributed by atoms with Crippen LogP contribution in [0.3, 0.4) is 0 Å². The predicted molar refractivity (Wildman–Crippen MR) is 40.7 cm³/mol. The molecule has 0 heterocycles. The van der Waals surface area contributed by atoms with Gasteiger partial charge in [-0.3, -0.25) is 0 Å². The molecule has 0 aliphatic heterocycles. The summed E-state index contributed by atoms with van der Waals surface area (Å²) in [4.78, 5) is 31.5. The van der Waals surface area contributed by atoms with Gasteiger partial charge in [0.1, 0.15) is 0 Å². The van der Waals surface area contributed by atoms with Crippen LogP contribution in [-0.2, 0) is 0 Å². The average Bonchev–Trinajstić information content (AvgIpc) is 1.86. The molecule has 1 aromatic carbocycles. The monoisotopic (exact) mass is 312 g/mol. The first-order valence-electron chi connectivity index (χ1n) is 2.79. The molecule has 13 heavy (non-hydrogen) atoms. The number of halogens is 1. The summed E-state index contributed by atoms with van der Waals surface area (Å²) in [5.74, 6) is 0. The van der Waals surface area contributed by atoms with Gasteiger partial charge in [-0.25, -0.2) is 0 Å². The van der Waals surface area contributed by atoms with E-state index in [0.29, 0.717) is 4.47 Å². The molecule has 1 aromatic rings. The largest absolute Gasteiger partial charge is 1.00 e. The zero-order valence-corrected chi connectivity index (χ0v) is 16.1. The minimum Gasteiger partial charge on any atom is -0.683 e. The molecule has 0 fully saturated rings. The van der Waals surface area contributed by atoms with E-state index in [4.69, 9.17) is 0 Å². The molecule has 0 aromatic heterocycles. The molecule has 60 valence electrons. The summed E-state index contributed by atoms with van der Waals surface area (Å²) in [5, 5.41) is -0.194.